The lowest BCUT2D eigenvalue weighted by Gasteiger charge is -2.15. The molecule has 2 N–H and O–H groups in total. The molecular formula is C24H18O3. The van der Waals surface area contributed by atoms with Crippen molar-refractivity contribution in [1.29, 1.82) is 0 Å². The second-order valence-corrected chi connectivity index (χ2v) is 6.13. The van der Waals surface area contributed by atoms with Gasteiger partial charge in [0.15, 0.2) is 0 Å². The maximum Gasteiger partial charge on any atom is 0.135 e. The normalized spacial score (nSPS) is 10.5. The molecule has 3 heteroatoms. The second kappa shape index (κ2) is 7.26. The summed E-state index contributed by atoms with van der Waals surface area (Å²) >= 11 is 0. The Morgan fingerprint density at radius 1 is 0.407 bits per heavy atom. The molecule has 132 valence electrons. The van der Waals surface area contributed by atoms with Crippen molar-refractivity contribution < 1.29 is 14.9 Å². The summed E-state index contributed by atoms with van der Waals surface area (Å²) in [5, 5.41) is 20.5. The van der Waals surface area contributed by atoms with Gasteiger partial charge in [-0.1, -0.05) is 72.8 Å². The van der Waals surface area contributed by atoms with E-state index < -0.39 is 0 Å². The molecule has 0 aliphatic heterocycles. The highest BCUT2D eigenvalue weighted by molar-refractivity contribution is 5.78. The van der Waals surface area contributed by atoms with Crippen LogP contribution in [0.2, 0.25) is 0 Å². The van der Waals surface area contributed by atoms with Crippen LogP contribution in [0.1, 0.15) is 0 Å². The van der Waals surface area contributed by atoms with Crippen LogP contribution in [0.3, 0.4) is 0 Å². The van der Waals surface area contributed by atoms with Crippen LogP contribution in [0.5, 0.6) is 23.0 Å². The van der Waals surface area contributed by atoms with Crippen molar-refractivity contribution in [3.63, 3.8) is 0 Å². The number of phenolic OH excluding ortho intramolecular Hbond substituents is 2. The third-order valence-electron chi connectivity index (χ3n) is 4.38. The van der Waals surface area contributed by atoms with Gasteiger partial charge in [-0.25, -0.2) is 0 Å². The summed E-state index contributed by atoms with van der Waals surface area (Å²) in [5.41, 5.74) is 2.99. The first-order chi connectivity index (χ1) is 13.2. The molecule has 27 heavy (non-hydrogen) atoms. The van der Waals surface area contributed by atoms with Gasteiger partial charge in [-0.05, 0) is 24.3 Å². The summed E-state index contributed by atoms with van der Waals surface area (Å²) in [6.07, 6.45) is 0. The van der Waals surface area contributed by atoms with Crippen molar-refractivity contribution in [3.05, 3.63) is 97.1 Å². The molecule has 0 bridgehead atoms. The van der Waals surface area contributed by atoms with Gasteiger partial charge in [0, 0.05) is 22.3 Å². The van der Waals surface area contributed by atoms with Gasteiger partial charge in [-0.3, -0.25) is 0 Å². The van der Waals surface area contributed by atoms with Gasteiger partial charge < -0.3 is 14.9 Å². The van der Waals surface area contributed by atoms with Crippen LogP contribution in [0, 0.1) is 0 Å². The first-order valence-electron chi connectivity index (χ1n) is 8.66. The Labute approximate surface area is 157 Å². The van der Waals surface area contributed by atoms with Crippen LogP contribution in [-0.2, 0) is 0 Å². The molecule has 0 fully saturated rings. The zero-order valence-electron chi connectivity index (χ0n) is 14.5. The molecule has 0 aliphatic rings. The lowest BCUT2D eigenvalue weighted by molar-refractivity contribution is 0.470. The Bertz CT molecular complexity index is 999. The summed E-state index contributed by atoms with van der Waals surface area (Å²) in [7, 11) is 0. The topological polar surface area (TPSA) is 49.7 Å². The summed E-state index contributed by atoms with van der Waals surface area (Å²) in [4.78, 5) is 0. The van der Waals surface area contributed by atoms with Crippen molar-refractivity contribution in [2.24, 2.45) is 0 Å². The third-order valence-corrected chi connectivity index (χ3v) is 4.38. The van der Waals surface area contributed by atoms with E-state index >= 15 is 0 Å². The van der Waals surface area contributed by atoms with Crippen molar-refractivity contribution in [2.75, 3.05) is 0 Å². The first-order valence-corrected chi connectivity index (χ1v) is 8.66. The summed E-state index contributed by atoms with van der Waals surface area (Å²) < 4.78 is 6.24. The minimum Gasteiger partial charge on any atom is -0.507 e. The highest BCUT2D eigenvalue weighted by atomic mass is 16.5. The van der Waals surface area contributed by atoms with Gasteiger partial charge in [0.2, 0.25) is 0 Å². The van der Waals surface area contributed by atoms with Crippen molar-refractivity contribution in [3.8, 4) is 45.3 Å². The Morgan fingerprint density at radius 2 is 0.741 bits per heavy atom. The zero-order valence-corrected chi connectivity index (χ0v) is 14.5. The number of hydrogen-bond acceptors (Lipinski definition) is 3. The van der Waals surface area contributed by atoms with E-state index in [-0.39, 0.29) is 11.5 Å². The smallest absolute Gasteiger partial charge is 0.135 e. The molecule has 0 amide bonds. The van der Waals surface area contributed by atoms with E-state index in [1.165, 1.54) is 0 Å². The quantitative estimate of drug-likeness (QED) is 0.457. The molecule has 4 rings (SSSR count). The molecular weight excluding hydrogens is 336 g/mol. The van der Waals surface area contributed by atoms with E-state index in [1.54, 1.807) is 24.3 Å². The Kier molecular flexibility index (Phi) is 4.50. The number of phenols is 2. The number of aromatic hydroxyl groups is 2. The number of rotatable bonds is 4. The largest absolute Gasteiger partial charge is 0.507 e. The molecule has 0 heterocycles. The van der Waals surface area contributed by atoms with Crippen LogP contribution < -0.4 is 4.74 Å². The van der Waals surface area contributed by atoms with Crippen LogP contribution in [0.25, 0.3) is 22.3 Å². The number of ether oxygens (including phenoxy) is 1. The van der Waals surface area contributed by atoms with Crippen LogP contribution in [-0.4, -0.2) is 10.2 Å². The lowest BCUT2D eigenvalue weighted by Crippen LogP contribution is -1.91. The van der Waals surface area contributed by atoms with Gasteiger partial charge in [-0.15, -0.1) is 0 Å². The van der Waals surface area contributed by atoms with Crippen molar-refractivity contribution in [1.82, 2.24) is 0 Å². The molecule has 4 aromatic carbocycles. The van der Waals surface area contributed by atoms with Gasteiger partial charge in [0.1, 0.15) is 23.0 Å². The molecule has 0 saturated carbocycles. The standard InChI is InChI=1S/C24H18O3/c25-21-13-5-1-9-17(21)19-11-3-7-15-23(19)27-24-16-8-4-12-20(24)18-10-2-6-14-22(18)26/h1-16,25-26H. The average Bonchev–Trinajstić information content (AvgIpc) is 2.70. The molecule has 4 aromatic rings. The van der Waals surface area contributed by atoms with E-state index in [0.717, 1.165) is 11.1 Å². The molecule has 0 unspecified atom stereocenters. The molecule has 0 saturated heterocycles. The van der Waals surface area contributed by atoms with Gasteiger partial charge >= 0.3 is 0 Å². The van der Waals surface area contributed by atoms with E-state index in [4.69, 9.17) is 4.74 Å². The highest BCUT2D eigenvalue weighted by Crippen LogP contribution is 2.41. The fraction of sp³-hybridized carbons (Fsp3) is 0. The fourth-order valence-corrected chi connectivity index (χ4v) is 3.08. The highest BCUT2D eigenvalue weighted by Gasteiger charge is 2.14. The van der Waals surface area contributed by atoms with Gasteiger partial charge in [-0.2, -0.15) is 0 Å². The summed E-state index contributed by atoms with van der Waals surface area (Å²) in [5.74, 6) is 1.65. The SMILES string of the molecule is Oc1ccccc1-c1ccccc1Oc1ccccc1-c1ccccc1O. The maximum atomic E-state index is 10.2. The fourth-order valence-electron chi connectivity index (χ4n) is 3.08. The minimum absolute atomic E-state index is 0.197. The second-order valence-electron chi connectivity index (χ2n) is 6.13. The number of benzene rings is 4. The Hall–Kier alpha value is -3.72. The van der Waals surface area contributed by atoms with E-state index in [0.29, 0.717) is 22.6 Å². The third kappa shape index (κ3) is 3.35. The monoisotopic (exact) mass is 354 g/mol. The van der Waals surface area contributed by atoms with Crippen molar-refractivity contribution in [2.45, 2.75) is 0 Å². The van der Waals surface area contributed by atoms with Crippen molar-refractivity contribution >= 4 is 0 Å². The van der Waals surface area contributed by atoms with Crippen LogP contribution >= 0.6 is 0 Å². The minimum atomic E-state index is 0.197. The van der Waals surface area contributed by atoms with Gasteiger partial charge in [0.05, 0.1) is 0 Å². The molecule has 0 radical (unpaired) electrons. The van der Waals surface area contributed by atoms with Crippen LogP contribution in [0.4, 0.5) is 0 Å². The summed E-state index contributed by atoms with van der Waals surface area (Å²) in [6, 6.07) is 29.5. The van der Waals surface area contributed by atoms with E-state index in [2.05, 4.69) is 0 Å². The number of hydrogen-bond donors (Lipinski definition) is 2. The van der Waals surface area contributed by atoms with E-state index in [9.17, 15) is 10.2 Å². The predicted molar refractivity (Wildman–Crippen MR) is 107 cm³/mol. The Balaban J connectivity index is 1.80. The average molecular weight is 354 g/mol. The molecule has 0 spiro atoms. The van der Waals surface area contributed by atoms with E-state index in [1.807, 2.05) is 72.8 Å². The van der Waals surface area contributed by atoms with Gasteiger partial charge in [0.25, 0.3) is 0 Å². The lowest BCUT2D eigenvalue weighted by atomic mass is 10.0. The molecule has 0 aromatic heterocycles. The molecule has 0 aliphatic carbocycles. The molecule has 3 nitrogen and oxygen atoms in total. The zero-order chi connectivity index (χ0) is 18.6. The molecule has 0 atom stereocenters. The Morgan fingerprint density at radius 3 is 1.15 bits per heavy atom. The predicted octanol–water partition coefficient (Wildman–Crippen LogP) is 6.22. The summed E-state index contributed by atoms with van der Waals surface area (Å²) in [6.45, 7) is 0. The van der Waals surface area contributed by atoms with Crippen LogP contribution in [0.15, 0.2) is 97.1 Å². The maximum absolute atomic E-state index is 10.2. The number of para-hydroxylation sites is 4. The first kappa shape index (κ1) is 16.7.